The topological polar surface area (TPSA) is 35.5 Å². The molecule has 0 aliphatic heterocycles. The lowest BCUT2D eigenvalue weighted by Gasteiger charge is -2.37. The van der Waals surface area contributed by atoms with Crippen molar-refractivity contribution in [3.05, 3.63) is 48.0 Å². The fourth-order valence-electron chi connectivity index (χ4n) is 2.72. The van der Waals surface area contributed by atoms with Gasteiger partial charge in [0.25, 0.3) is 0 Å². The molecule has 0 aromatic heterocycles. The second kappa shape index (κ2) is 8.46. The van der Waals surface area contributed by atoms with Crippen LogP contribution >= 0.6 is 0 Å². The largest absolute Gasteiger partial charge is 0.464 e. The van der Waals surface area contributed by atoms with Gasteiger partial charge in [-0.2, -0.15) is 0 Å². The number of esters is 1. The lowest BCUT2D eigenvalue weighted by atomic mass is 9.89. The smallest absolute Gasteiger partial charge is 0.337 e. The van der Waals surface area contributed by atoms with Crippen molar-refractivity contribution < 1.29 is 14.0 Å². The average molecular weight is 335 g/mol. The zero-order valence-electron chi connectivity index (χ0n) is 15.1. The number of benzene rings is 1. The van der Waals surface area contributed by atoms with Crippen LogP contribution in [0, 0.1) is 0 Å². The summed E-state index contributed by atoms with van der Waals surface area (Å²) in [6.07, 6.45) is 1.88. The molecule has 0 bridgehead atoms. The van der Waals surface area contributed by atoms with Gasteiger partial charge in [-0.3, -0.25) is 0 Å². The van der Waals surface area contributed by atoms with Crippen LogP contribution in [0.4, 0.5) is 0 Å². The summed E-state index contributed by atoms with van der Waals surface area (Å²) in [6.45, 7) is 14.4. The molecule has 1 aromatic rings. The molecule has 128 valence electrons. The molecule has 0 saturated carbocycles. The first-order chi connectivity index (χ1) is 10.7. The molecule has 0 fully saturated rings. The Labute approximate surface area is 141 Å². The molecule has 23 heavy (non-hydrogen) atoms. The molecule has 0 amide bonds. The van der Waals surface area contributed by atoms with Gasteiger partial charge in [-0.25, -0.2) is 4.79 Å². The number of carbonyl (C=O) groups excluding carboxylic acids is 1. The predicted octanol–water partition coefficient (Wildman–Crippen LogP) is 4.74. The zero-order valence-corrected chi connectivity index (χ0v) is 16.1. The van der Waals surface area contributed by atoms with Crippen LogP contribution in [0.3, 0.4) is 0 Å². The molecule has 0 N–H and O–H groups in total. The van der Waals surface area contributed by atoms with E-state index in [0.29, 0.717) is 19.4 Å². The van der Waals surface area contributed by atoms with Gasteiger partial charge in [0.1, 0.15) is 0 Å². The summed E-state index contributed by atoms with van der Waals surface area (Å²) in [5, 5.41) is 0. The first-order valence-electron chi connectivity index (χ1n) is 8.24. The van der Waals surface area contributed by atoms with E-state index in [9.17, 15) is 4.79 Å². The van der Waals surface area contributed by atoms with Gasteiger partial charge in [0.2, 0.25) is 0 Å². The Kier molecular flexibility index (Phi) is 7.23. The van der Waals surface area contributed by atoms with Crippen LogP contribution in [0.1, 0.15) is 32.3 Å². The minimum Gasteiger partial charge on any atom is -0.464 e. The summed E-state index contributed by atoms with van der Waals surface area (Å²) in [5.74, 6) is -0.263. The molecule has 4 heteroatoms. The molecule has 1 atom stereocenters. The summed E-state index contributed by atoms with van der Waals surface area (Å²) in [7, 11) is -1.93. The minimum atomic E-state index is -1.93. The summed E-state index contributed by atoms with van der Waals surface area (Å²) < 4.78 is 11.7. The Bertz CT molecular complexity index is 519. The van der Waals surface area contributed by atoms with Gasteiger partial charge in [0.15, 0.2) is 13.9 Å². The molecule has 1 aromatic carbocycles. The first-order valence-corrected chi connectivity index (χ1v) is 11.6. The fourth-order valence-corrected chi connectivity index (χ4v) is 4.15. The monoisotopic (exact) mass is 334 g/mol. The molecular weight excluding hydrogens is 304 g/mol. The number of carbonyl (C=O) groups is 1. The van der Waals surface area contributed by atoms with E-state index in [1.807, 2.05) is 32.0 Å². The van der Waals surface area contributed by atoms with Crippen molar-refractivity contribution in [1.82, 2.24) is 0 Å². The van der Waals surface area contributed by atoms with Gasteiger partial charge >= 0.3 is 5.97 Å². The van der Waals surface area contributed by atoms with E-state index in [2.05, 4.69) is 38.4 Å². The lowest BCUT2D eigenvalue weighted by Crippen LogP contribution is -2.50. The standard InChI is InChI=1S/C19H30O3Si/c1-7-21-18(20)19(15-16(2)3,22-23(4,5)6)14-13-17-11-9-8-10-12-17/h8-12H,2,7,13-15H2,1,3-6H3/t19-/m1/s1. The maximum atomic E-state index is 12.7. The third-order valence-electron chi connectivity index (χ3n) is 3.40. The van der Waals surface area contributed by atoms with E-state index in [1.165, 1.54) is 5.56 Å². The normalized spacial score (nSPS) is 14.1. The SMILES string of the molecule is C=C(C)C[C@@](CCc1ccccc1)(O[Si](C)(C)C)C(=O)OCC. The number of hydrogen-bond acceptors (Lipinski definition) is 3. The van der Waals surface area contributed by atoms with Crippen molar-refractivity contribution in [3.63, 3.8) is 0 Å². The number of rotatable bonds is 9. The van der Waals surface area contributed by atoms with Crippen molar-refractivity contribution in [1.29, 1.82) is 0 Å². The first kappa shape index (κ1) is 19.7. The van der Waals surface area contributed by atoms with Crippen LogP contribution in [-0.2, 0) is 20.4 Å². The van der Waals surface area contributed by atoms with E-state index in [-0.39, 0.29) is 5.97 Å². The van der Waals surface area contributed by atoms with Gasteiger partial charge < -0.3 is 9.16 Å². The maximum Gasteiger partial charge on any atom is 0.337 e. The highest BCUT2D eigenvalue weighted by Crippen LogP contribution is 2.31. The van der Waals surface area contributed by atoms with E-state index < -0.39 is 13.9 Å². The van der Waals surface area contributed by atoms with Crippen LogP contribution < -0.4 is 0 Å². The summed E-state index contributed by atoms with van der Waals surface area (Å²) in [4.78, 5) is 12.7. The minimum absolute atomic E-state index is 0.263. The van der Waals surface area contributed by atoms with E-state index in [1.54, 1.807) is 0 Å². The van der Waals surface area contributed by atoms with Crippen molar-refractivity contribution >= 4 is 14.3 Å². The molecule has 0 saturated heterocycles. The third kappa shape index (κ3) is 6.71. The molecule has 0 spiro atoms. The van der Waals surface area contributed by atoms with Gasteiger partial charge in [-0.15, -0.1) is 6.58 Å². The second-order valence-electron chi connectivity index (χ2n) is 7.05. The molecule has 0 unspecified atom stereocenters. The Morgan fingerprint density at radius 3 is 2.30 bits per heavy atom. The second-order valence-corrected chi connectivity index (χ2v) is 11.5. The van der Waals surface area contributed by atoms with Crippen molar-refractivity contribution in [2.45, 2.75) is 58.4 Å². The van der Waals surface area contributed by atoms with Gasteiger partial charge in [0.05, 0.1) is 6.61 Å². The maximum absolute atomic E-state index is 12.7. The van der Waals surface area contributed by atoms with Gasteiger partial charge in [-0.1, -0.05) is 35.9 Å². The van der Waals surface area contributed by atoms with Crippen LogP contribution in [0.2, 0.25) is 19.6 Å². The van der Waals surface area contributed by atoms with Crippen molar-refractivity contribution in [3.8, 4) is 0 Å². The molecule has 0 radical (unpaired) electrons. The molecule has 0 aliphatic rings. The van der Waals surface area contributed by atoms with Crippen LogP contribution in [-0.4, -0.2) is 26.5 Å². The van der Waals surface area contributed by atoms with Crippen molar-refractivity contribution in [2.75, 3.05) is 6.61 Å². The molecular formula is C19H30O3Si. The van der Waals surface area contributed by atoms with Gasteiger partial charge in [0, 0.05) is 6.42 Å². The van der Waals surface area contributed by atoms with Crippen LogP contribution in [0.25, 0.3) is 0 Å². The van der Waals surface area contributed by atoms with E-state index in [0.717, 1.165) is 12.0 Å². The summed E-state index contributed by atoms with van der Waals surface area (Å²) >= 11 is 0. The Hall–Kier alpha value is -1.39. The fraction of sp³-hybridized carbons (Fsp3) is 0.526. The van der Waals surface area contributed by atoms with Crippen molar-refractivity contribution in [2.24, 2.45) is 0 Å². The highest BCUT2D eigenvalue weighted by molar-refractivity contribution is 6.70. The van der Waals surface area contributed by atoms with E-state index >= 15 is 0 Å². The average Bonchev–Trinajstić information content (AvgIpc) is 2.44. The van der Waals surface area contributed by atoms with E-state index in [4.69, 9.17) is 9.16 Å². The Balaban J connectivity index is 3.08. The molecule has 0 aliphatic carbocycles. The van der Waals surface area contributed by atoms with Crippen LogP contribution in [0.15, 0.2) is 42.5 Å². The lowest BCUT2D eigenvalue weighted by molar-refractivity contribution is -0.163. The summed E-state index contributed by atoms with van der Waals surface area (Å²) in [6, 6.07) is 10.2. The highest BCUT2D eigenvalue weighted by Gasteiger charge is 2.43. The van der Waals surface area contributed by atoms with Gasteiger partial charge in [-0.05, 0) is 51.9 Å². The number of aryl methyl sites for hydroxylation is 1. The Morgan fingerprint density at radius 2 is 1.83 bits per heavy atom. The molecule has 1 rings (SSSR count). The quantitative estimate of drug-likeness (QED) is 0.372. The third-order valence-corrected chi connectivity index (χ3v) is 4.40. The summed E-state index contributed by atoms with van der Waals surface area (Å²) in [5.41, 5.74) is 1.20. The Morgan fingerprint density at radius 1 is 1.22 bits per heavy atom. The number of ether oxygens (including phenoxy) is 1. The molecule has 3 nitrogen and oxygen atoms in total. The predicted molar refractivity (Wildman–Crippen MR) is 98.0 cm³/mol. The molecule has 0 heterocycles. The zero-order chi connectivity index (χ0) is 17.5. The van der Waals surface area contributed by atoms with Crippen LogP contribution in [0.5, 0.6) is 0 Å². The number of hydrogen-bond donors (Lipinski definition) is 0. The highest BCUT2D eigenvalue weighted by atomic mass is 28.4.